The van der Waals surface area contributed by atoms with Gasteiger partial charge < -0.3 is 20.4 Å². The Morgan fingerprint density at radius 3 is 2.29 bits per heavy atom. The highest BCUT2D eigenvalue weighted by Gasteiger charge is 2.28. The zero-order valence-electron chi connectivity index (χ0n) is 12.4. The molecule has 0 saturated heterocycles. The van der Waals surface area contributed by atoms with Crippen LogP contribution in [0.2, 0.25) is 0 Å². The zero-order chi connectivity index (χ0) is 15.8. The van der Waals surface area contributed by atoms with Crippen LogP contribution in [0.15, 0.2) is 0 Å². The molecule has 0 aliphatic heterocycles. The van der Waals surface area contributed by atoms with Crippen LogP contribution in [0.25, 0.3) is 0 Å². The molecule has 0 bridgehead atoms. The quantitative estimate of drug-likeness (QED) is 0.663. The third-order valence-electron chi connectivity index (χ3n) is 3.86. The van der Waals surface area contributed by atoms with Gasteiger partial charge in [0, 0.05) is 19.0 Å². The molecule has 7 heteroatoms. The van der Waals surface area contributed by atoms with E-state index in [2.05, 4.69) is 5.32 Å². The number of aliphatic carboxylic acids is 2. The average Bonchev–Trinajstić information content (AvgIpc) is 2.44. The van der Waals surface area contributed by atoms with Gasteiger partial charge in [-0.25, -0.2) is 9.59 Å². The second-order valence-electron chi connectivity index (χ2n) is 5.35. The molecule has 120 valence electrons. The average molecular weight is 300 g/mol. The predicted octanol–water partition coefficient (Wildman–Crippen LogP) is 1.67. The molecule has 0 unspecified atom stereocenters. The van der Waals surface area contributed by atoms with Gasteiger partial charge in [-0.05, 0) is 26.2 Å². The maximum atomic E-state index is 12.2. The van der Waals surface area contributed by atoms with E-state index < -0.39 is 24.0 Å². The van der Waals surface area contributed by atoms with E-state index in [9.17, 15) is 14.4 Å². The largest absolute Gasteiger partial charge is 0.481 e. The van der Waals surface area contributed by atoms with E-state index in [0.29, 0.717) is 6.54 Å². The zero-order valence-corrected chi connectivity index (χ0v) is 12.4. The van der Waals surface area contributed by atoms with Crippen molar-refractivity contribution in [1.82, 2.24) is 10.2 Å². The second-order valence-corrected chi connectivity index (χ2v) is 5.35. The van der Waals surface area contributed by atoms with Crippen molar-refractivity contribution in [3.8, 4) is 0 Å². The Labute approximate surface area is 124 Å². The summed E-state index contributed by atoms with van der Waals surface area (Å²) in [6.45, 7) is 2.38. The van der Waals surface area contributed by atoms with Crippen molar-refractivity contribution in [2.45, 2.75) is 64.0 Å². The number of nitrogens with one attached hydrogen (secondary N) is 1. The molecule has 1 atom stereocenters. The Kier molecular flexibility index (Phi) is 6.98. The molecule has 0 spiro atoms. The Morgan fingerprint density at radius 1 is 1.19 bits per heavy atom. The lowest BCUT2D eigenvalue weighted by Gasteiger charge is -2.34. The van der Waals surface area contributed by atoms with E-state index >= 15 is 0 Å². The molecule has 0 aromatic carbocycles. The van der Waals surface area contributed by atoms with Gasteiger partial charge in [0.1, 0.15) is 6.04 Å². The van der Waals surface area contributed by atoms with Crippen LogP contribution in [-0.2, 0) is 9.59 Å². The van der Waals surface area contributed by atoms with Crippen molar-refractivity contribution < 1.29 is 24.6 Å². The van der Waals surface area contributed by atoms with Gasteiger partial charge in [0.25, 0.3) is 0 Å². The molecule has 0 radical (unpaired) electrons. The van der Waals surface area contributed by atoms with Crippen LogP contribution in [0.5, 0.6) is 0 Å². The molecule has 1 aliphatic carbocycles. The monoisotopic (exact) mass is 300 g/mol. The van der Waals surface area contributed by atoms with Gasteiger partial charge >= 0.3 is 18.0 Å². The molecule has 21 heavy (non-hydrogen) atoms. The first kappa shape index (κ1) is 17.3. The van der Waals surface area contributed by atoms with E-state index in [0.717, 1.165) is 25.7 Å². The Hall–Kier alpha value is -1.79. The van der Waals surface area contributed by atoms with Gasteiger partial charge in [-0.2, -0.15) is 0 Å². The van der Waals surface area contributed by atoms with E-state index in [4.69, 9.17) is 10.2 Å². The number of hydrogen-bond donors (Lipinski definition) is 3. The summed E-state index contributed by atoms with van der Waals surface area (Å²) in [4.78, 5) is 35.5. The van der Waals surface area contributed by atoms with Gasteiger partial charge in [-0.1, -0.05) is 19.3 Å². The molecule has 7 nitrogen and oxygen atoms in total. The molecular weight excluding hydrogens is 276 g/mol. The Balaban J connectivity index is 2.60. The molecule has 0 aromatic rings. The molecule has 1 fully saturated rings. The van der Waals surface area contributed by atoms with E-state index in [1.54, 1.807) is 4.90 Å². The number of rotatable bonds is 7. The van der Waals surface area contributed by atoms with E-state index in [1.165, 1.54) is 6.42 Å². The Morgan fingerprint density at radius 2 is 1.81 bits per heavy atom. The van der Waals surface area contributed by atoms with Gasteiger partial charge in [0.15, 0.2) is 0 Å². The summed E-state index contributed by atoms with van der Waals surface area (Å²) in [5.41, 5.74) is 0. The number of carbonyl (C=O) groups is 3. The molecule has 1 aliphatic rings. The summed E-state index contributed by atoms with van der Waals surface area (Å²) >= 11 is 0. The van der Waals surface area contributed by atoms with Crippen molar-refractivity contribution in [2.75, 3.05) is 6.54 Å². The standard InChI is InChI=1S/C14H24N2O5/c1-2-16(10-6-4-3-5-7-10)14(21)15-11(13(19)20)8-9-12(17)18/h10-11H,2-9H2,1H3,(H,15,21)(H,17,18)(H,19,20)/t11-/m0/s1. The summed E-state index contributed by atoms with van der Waals surface area (Å²) < 4.78 is 0. The second kappa shape index (κ2) is 8.49. The summed E-state index contributed by atoms with van der Waals surface area (Å²) in [6, 6.07) is -1.42. The first-order chi connectivity index (χ1) is 9.95. The van der Waals surface area contributed by atoms with Crippen molar-refractivity contribution >= 4 is 18.0 Å². The number of amides is 2. The number of carboxylic acids is 2. The highest BCUT2D eigenvalue weighted by molar-refractivity contribution is 5.83. The van der Waals surface area contributed by atoms with Crippen LogP contribution >= 0.6 is 0 Å². The molecular formula is C14H24N2O5. The van der Waals surface area contributed by atoms with Crippen LogP contribution < -0.4 is 5.32 Å². The fraction of sp³-hybridized carbons (Fsp3) is 0.786. The third-order valence-corrected chi connectivity index (χ3v) is 3.86. The maximum Gasteiger partial charge on any atom is 0.326 e. The first-order valence-corrected chi connectivity index (χ1v) is 7.47. The summed E-state index contributed by atoms with van der Waals surface area (Å²) in [6.07, 6.45) is 4.81. The van der Waals surface area contributed by atoms with Gasteiger partial charge in [-0.3, -0.25) is 4.79 Å². The van der Waals surface area contributed by atoms with Crippen LogP contribution in [0.3, 0.4) is 0 Å². The smallest absolute Gasteiger partial charge is 0.326 e. The summed E-state index contributed by atoms with van der Waals surface area (Å²) in [7, 11) is 0. The minimum atomic E-state index is -1.20. The third kappa shape index (κ3) is 5.61. The SMILES string of the molecule is CCN(C(=O)N[C@@H](CCC(=O)O)C(=O)O)C1CCCCC1. The fourth-order valence-electron chi connectivity index (χ4n) is 2.72. The normalized spacial score (nSPS) is 17.0. The van der Waals surface area contributed by atoms with Crippen LogP contribution in [0.4, 0.5) is 4.79 Å². The van der Waals surface area contributed by atoms with Crippen molar-refractivity contribution in [2.24, 2.45) is 0 Å². The molecule has 1 rings (SSSR count). The highest BCUT2D eigenvalue weighted by Crippen LogP contribution is 2.22. The van der Waals surface area contributed by atoms with Gasteiger partial charge in [0.05, 0.1) is 0 Å². The minimum Gasteiger partial charge on any atom is -0.481 e. The molecule has 1 saturated carbocycles. The highest BCUT2D eigenvalue weighted by atomic mass is 16.4. The van der Waals surface area contributed by atoms with Crippen LogP contribution in [0.1, 0.15) is 51.9 Å². The lowest BCUT2D eigenvalue weighted by molar-refractivity contribution is -0.140. The summed E-state index contributed by atoms with van der Waals surface area (Å²) in [5.74, 6) is -2.28. The lowest BCUT2D eigenvalue weighted by atomic mass is 9.94. The van der Waals surface area contributed by atoms with E-state index in [-0.39, 0.29) is 18.9 Å². The molecule has 0 heterocycles. The Bertz CT molecular complexity index is 380. The van der Waals surface area contributed by atoms with Gasteiger partial charge in [-0.15, -0.1) is 0 Å². The van der Waals surface area contributed by atoms with Crippen LogP contribution in [0, 0.1) is 0 Å². The summed E-state index contributed by atoms with van der Waals surface area (Å²) in [5, 5.41) is 20.1. The van der Waals surface area contributed by atoms with Crippen molar-refractivity contribution in [1.29, 1.82) is 0 Å². The number of carbonyl (C=O) groups excluding carboxylic acids is 1. The number of nitrogens with zero attached hydrogens (tertiary/aromatic N) is 1. The number of urea groups is 1. The maximum absolute atomic E-state index is 12.2. The minimum absolute atomic E-state index is 0.112. The topological polar surface area (TPSA) is 107 Å². The number of hydrogen-bond acceptors (Lipinski definition) is 3. The van der Waals surface area contributed by atoms with E-state index in [1.807, 2.05) is 6.92 Å². The molecule has 0 aromatic heterocycles. The van der Waals surface area contributed by atoms with Crippen LogP contribution in [-0.4, -0.2) is 51.7 Å². The predicted molar refractivity (Wildman–Crippen MR) is 76.1 cm³/mol. The first-order valence-electron chi connectivity index (χ1n) is 7.47. The van der Waals surface area contributed by atoms with Crippen molar-refractivity contribution in [3.05, 3.63) is 0 Å². The molecule has 3 N–H and O–H groups in total. The lowest BCUT2D eigenvalue weighted by Crippen LogP contribution is -2.51. The number of carboxylic acid groups (broad SMARTS) is 2. The molecule has 2 amide bonds. The fourth-order valence-corrected chi connectivity index (χ4v) is 2.72. The van der Waals surface area contributed by atoms with Crippen molar-refractivity contribution in [3.63, 3.8) is 0 Å². The van der Waals surface area contributed by atoms with Gasteiger partial charge in [0.2, 0.25) is 0 Å².